The molecule has 5 nitrogen and oxygen atoms in total. The summed E-state index contributed by atoms with van der Waals surface area (Å²) in [5.41, 5.74) is 7.72. The Morgan fingerprint density at radius 1 is 1.19 bits per heavy atom. The van der Waals surface area contributed by atoms with Gasteiger partial charge in [-0.05, 0) is 49.2 Å². The van der Waals surface area contributed by atoms with Crippen molar-refractivity contribution in [3.8, 4) is 0 Å². The predicted molar refractivity (Wildman–Crippen MR) is 83.2 cm³/mol. The monoisotopic (exact) mass is 305 g/mol. The highest BCUT2D eigenvalue weighted by Crippen LogP contribution is 2.28. The average Bonchev–Trinajstić information content (AvgIpc) is 2.49. The van der Waals surface area contributed by atoms with Crippen LogP contribution >= 0.6 is 0 Å². The van der Waals surface area contributed by atoms with Crippen molar-refractivity contribution >= 4 is 15.7 Å². The minimum Gasteiger partial charge on any atom is -0.399 e. The Morgan fingerprint density at radius 2 is 1.81 bits per heavy atom. The number of nitrogen functional groups attached to an aromatic ring is 1. The van der Waals surface area contributed by atoms with E-state index < -0.39 is 10.0 Å². The van der Waals surface area contributed by atoms with Gasteiger partial charge in [0.1, 0.15) is 0 Å². The lowest BCUT2D eigenvalue weighted by molar-refractivity contribution is 0.398. The molecule has 2 N–H and O–H groups in total. The first-order valence-electron chi connectivity index (χ1n) is 6.58. The molecule has 1 aromatic carbocycles. The second-order valence-electron chi connectivity index (χ2n) is 5.00. The van der Waals surface area contributed by atoms with Gasteiger partial charge in [0.25, 0.3) is 0 Å². The highest BCUT2D eigenvalue weighted by atomic mass is 32.2. The fourth-order valence-corrected chi connectivity index (χ4v) is 3.72. The number of nitrogens with two attached hydrogens (primary N) is 1. The highest BCUT2D eigenvalue weighted by molar-refractivity contribution is 7.89. The van der Waals surface area contributed by atoms with E-state index in [1.807, 2.05) is 19.1 Å². The van der Waals surface area contributed by atoms with E-state index in [2.05, 4.69) is 4.98 Å². The zero-order valence-electron chi connectivity index (χ0n) is 12.3. The van der Waals surface area contributed by atoms with Gasteiger partial charge in [0.05, 0.1) is 4.90 Å². The van der Waals surface area contributed by atoms with Crippen molar-refractivity contribution in [2.45, 2.75) is 24.8 Å². The molecule has 0 saturated carbocycles. The Hall–Kier alpha value is -1.92. The molecule has 0 amide bonds. The number of aryl methyl sites for hydroxylation is 1. The SMILES string of the molecule is Cc1ccc(N)cc1S(=O)(=O)N(C)C(C)c1ccncc1. The van der Waals surface area contributed by atoms with Crippen LogP contribution in [0.2, 0.25) is 0 Å². The molecule has 21 heavy (non-hydrogen) atoms. The van der Waals surface area contributed by atoms with Crippen LogP contribution in [0.1, 0.15) is 24.1 Å². The summed E-state index contributed by atoms with van der Waals surface area (Å²) in [7, 11) is -2.03. The summed E-state index contributed by atoms with van der Waals surface area (Å²) in [6.45, 7) is 3.60. The van der Waals surface area contributed by atoms with E-state index in [0.717, 1.165) is 5.56 Å². The van der Waals surface area contributed by atoms with Crippen molar-refractivity contribution in [2.24, 2.45) is 0 Å². The van der Waals surface area contributed by atoms with E-state index in [-0.39, 0.29) is 10.9 Å². The number of hydrogen-bond acceptors (Lipinski definition) is 4. The molecule has 0 saturated heterocycles. The predicted octanol–water partition coefficient (Wildman–Crippen LogP) is 2.35. The fourth-order valence-electron chi connectivity index (χ4n) is 2.11. The van der Waals surface area contributed by atoms with Crippen LogP contribution in [-0.2, 0) is 10.0 Å². The number of nitrogens with zero attached hydrogens (tertiary/aromatic N) is 2. The summed E-state index contributed by atoms with van der Waals surface area (Å²) in [6.07, 6.45) is 3.30. The van der Waals surface area contributed by atoms with Crippen LogP contribution in [0.25, 0.3) is 0 Å². The second kappa shape index (κ2) is 5.83. The molecule has 0 aliphatic carbocycles. The van der Waals surface area contributed by atoms with Gasteiger partial charge in [-0.25, -0.2) is 8.42 Å². The summed E-state index contributed by atoms with van der Waals surface area (Å²) in [5, 5.41) is 0. The maximum atomic E-state index is 12.8. The number of hydrogen-bond donors (Lipinski definition) is 1. The molecule has 2 aromatic rings. The maximum absolute atomic E-state index is 12.8. The van der Waals surface area contributed by atoms with Gasteiger partial charge in [-0.2, -0.15) is 4.31 Å². The molecule has 1 aromatic heterocycles. The average molecular weight is 305 g/mol. The summed E-state index contributed by atoms with van der Waals surface area (Å²) in [5.74, 6) is 0. The van der Waals surface area contributed by atoms with E-state index in [9.17, 15) is 8.42 Å². The number of anilines is 1. The maximum Gasteiger partial charge on any atom is 0.243 e. The van der Waals surface area contributed by atoms with Crippen LogP contribution in [0.5, 0.6) is 0 Å². The summed E-state index contributed by atoms with van der Waals surface area (Å²) in [6, 6.07) is 8.24. The van der Waals surface area contributed by atoms with Gasteiger partial charge < -0.3 is 5.73 Å². The highest BCUT2D eigenvalue weighted by Gasteiger charge is 2.27. The smallest absolute Gasteiger partial charge is 0.243 e. The van der Waals surface area contributed by atoms with Crippen LogP contribution in [-0.4, -0.2) is 24.8 Å². The quantitative estimate of drug-likeness (QED) is 0.880. The third kappa shape index (κ3) is 3.06. The molecule has 1 unspecified atom stereocenters. The Bertz CT molecular complexity index is 730. The molecule has 112 valence electrons. The molecule has 0 fully saturated rings. The van der Waals surface area contributed by atoms with Gasteiger partial charge in [0, 0.05) is 31.2 Å². The minimum absolute atomic E-state index is 0.242. The van der Waals surface area contributed by atoms with E-state index in [4.69, 9.17) is 5.73 Å². The first-order chi connectivity index (χ1) is 9.84. The lowest BCUT2D eigenvalue weighted by atomic mass is 10.1. The van der Waals surface area contributed by atoms with Crippen molar-refractivity contribution in [3.05, 3.63) is 53.9 Å². The van der Waals surface area contributed by atoms with Gasteiger partial charge in [-0.1, -0.05) is 6.07 Å². The van der Waals surface area contributed by atoms with Crippen molar-refractivity contribution in [1.29, 1.82) is 0 Å². The third-order valence-electron chi connectivity index (χ3n) is 3.60. The van der Waals surface area contributed by atoms with E-state index in [0.29, 0.717) is 11.3 Å². The second-order valence-corrected chi connectivity index (χ2v) is 6.97. The van der Waals surface area contributed by atoms with Crippen LogP contribution in [0.15, 0.2) is 47.6 Å². The number of aromatic nitrogens is 1. The molecule has 1 heterocycles. The van der Waals surface area contributed by atoms with Crippen LogP contribution in [0.3, 0.4) is 0 Å². The molecule has 0 aliphatic heterocycles. The third-order valence-corrected chi connectivity index (χ3v) is 5.67. The molecule has 0 aliphatic rings. The molecule has 0 bridgehead atoms. The van der Waals surface area contributed by atoms with Crippen molar-refractivity contribution in [3.63, 3.8) is 0 Å². The first-order valence-corrected chi connectivity index (χ1v) is 8.02. The molecule has 6 heteroatoms. The largest absolute Gasteiger partial charge is 0.399 e. The van der Waals surface area contributed by atoms with E-state index >= 15 is 0 Å². The normalized spacial score (nSPS) is 13.3. The summed E-state index contributed by atoms with van der Waals surface area (Å²) < 4.78 is 26.9. The minimum atomic E-state index is -3.61. The number of benzene rings is 1. The standard InChI is InChI=1S/C15H19N3O2S/c1-11-4-5-14(16)10-15(11)21(19,20)18(3)12(2)13-6-8-17-9-7-13/h4-10,12H,16H2,1-3H3. The Labute approximate surface area is 125 Å². The van der Waals surface area contributed by atoms with Crippen molar-refractivity contribution in [2.75, 3.05) is 12.8 Å². The molecular formula is C15H19N3O2S. The van der Waals surface area contributed by atoms with Crippen molar-refractivity contribution < 1.29 is 8.42 Å². The lowest BCUT2D eigenvalue weighted by Gasteiger charge is -2.25. The molecule has 0 spiro atoms. The van der Waals surface area contributed by atoms with Crippen molar-refractivity contribution in [1.82, 2.24) is 9.29 Å². The Balaban J connectivity index is 2.41. The number of rotatable bonds is 4. The topological polar surface area (TPSA) is 76.3 Å². The van der Waals surface area contributed by atoms with Gasteiger partial charge in [-0.15, -0.1) is 0 Å². The molecule has 0 radical (unpaired) electrons. The molecule has 1 atom stereocenters. The summed E-state index contributed by atoms with van der Waals surface area (Å²) in [4.78, 5) is 4.19. The Kier molecular flexibility index (Phi) is 4.29. The van der Waals surface area contributed by atoms with Gasteiger partial charge in [0.15, 0.2) is 0 Å². The number of pyridine rings is 1. The lowest BCUT2D eigenvalue weighted by Crippen LogP contribution is -2.30. The Morgan fingerprint density at radius 3 is 2.43 bits per heavy atom. The van der Waals surface area contributed by atoms with E-state index in [1.54, 1.807) is 38.5 Å². The van der Waals surface area contributed by atoms with Crippen LogP contribution < -0.4 is 5.73 Å². The number of sulfonamides is 1. The van der Waals surface area contributed by atoms with Gasteiger partial charge in [-0.3, -0.25) is 4.98 Å². The molecular weight excluding hydrogens is 286 g/mol. The fraction of sp³-hybridized carbons (Fsp3) is 0.267. The van der Waals surface area contributed by atoms with Gasteiger partial charge >= 0.3 is 0 Å². The first kappa shape index (κ1) is 15.5. The molecule has 2 rings (SSSR count). The van der Waals surface area contributed by atoms with Crippen LogP contribution in [0, 0.1) is 6.92 Å². The van der Waals surface area contributed by atoms with E-state index in [1.165, 1.54) is 10.4 Å². The van der Waals surface area contributed by atoms with Crippen LogP contribution in [0.4, 0.5) is 5.69 Å². The summed E-state index contributed by atoms with van der Waals surface area (Å²) >= 11 is 0. The zero-order chi connectivity index (χ0) is 15.6. The zero-order valence-corrected chi connectivity index (χ0v) is 13.1. The van der Waals surface area contributed by atoms with Gasteiger partial charge in [0.2, 0.25) is 10.0 Å².